The van der Waals surface area contributed by atoms with Crippen LogP contribution in [0.15, 0.2) is 69.5 Å². The predicted octanol–water partition coefficient (Wildman–Crippen LogP) is 5.66. The van der Waals surface area contributed by atoms with E-state index in [0.717, 1.165) is 37.9 Å². The van der Waals surface area contributed by atoms with Crippen LogP contribution < -0.4 is 10.4 Å². The van der Waals surface area contributed by atoms with Crippen LogP contribution in [0.5, 0.6) is 5.88 Å². The minimum Gasteiger partial charge on any atom is -0.472 e. The maximum atomic E-state index is 12.0. The summed E-state index contributed by atoms with van der Waals surface area (Å²) in [6, 6.07) is 15.6. The van der Waals surface area contributed by atoms with Gasteiger partial charge in [-0.15, -0.1) is 11.3 Å². The van der Waals surface area contributed by atoms with Crippen LogP contribution in [0.3, 0.4) is 0 Å². The Balaban J connectivity index is 1.55. The van der Waals surface area contributed by atoms with Crippen LogP contribution >= 0.6 is 11.3 Å². The zero-order valence-corrected chi connectivity index (χ0v) is 17.3. The number of aryl methyl sites for hydroxylation is 2. The van der Waals surface area contributed by atoms with E-state index in [1.807, 2.05) is 25.1 Å². The molecule has 0 aliphatic heterocycles. The van der Waals surface area contributed by atoms with Gasteiger partial charge in [-0.3, -0.25) is 0 Å². The van der Waals surface area contributed by atoms with Gasteiger partial charge in [0.1, 0.15) is 23.3 Å². The van der Waals surface area contributed by atoms with Gasteiger partial charge in [0.2, 0.25) is 5.88 Å². The first-order valence-electron chi connectivity index (χ1n) is 9.54. The number of ether oxygens (including phenoxy) is 1. The average molecular weight is 414 g/mol. The van der Waals surface area contributed by atoms with Crippen molar-refractivity contribution in [1.82, 2.24) is 9.97 Å². The lowest BCUT2D eigenvalue weighted by atomic mass is 10.0. The standard InChI is InChI=1S/C24H18N2O3S/c1-14-3-6-16(7-4-14)19-12-30-24-22(19)23(25-13-26-24)28-11-17-10-21(27)29-20-9-15(2)5-8-18(17)20/h3-10,12-13H,11H2,1-2H3. The topological polar surface area (TPSA) is 65.2 Å². The van der Waals surface area contributed by atoms with Crippen LogP contribution in [0.1, 0.15) is 16.7 Å². The van der Waals surface area contributed by atoms with Crippen molar-refractivity contribution in [2.75, 3.05) is 0 Å². The van der Waals surface area contributed by atoms with Gasteiger partial charge in [-0.2, -0.15) is 0 Å². The van der Waals surface area contributed by atoms with Gasteiger partial charge in [0.25, 0.3) is 0 Å². The summed E-state index contributed by atoms with van der Waals surface area (Å²) in [5.74, 6) is 0.505. The molecular weight excluding hydrogens is 396 g/mol. The lowest BCUT2D eigenvalue weighted by Crippen LogP contribution is -2.05. The first-order valence-corrected chi connectivity index (χ1v) is 10.4. The lowest BCUT2D eigenvalue weighted by Gasteiger charge is -2.10. The van der Waals surface area contributed by atoms with E-state index in [4.69, 9.17) is 9.15 Å². The summed E-state index contributed by atoms with van der Waals surface area (Å²) in [6.07, 6.45) is 1.51. The van der Waals surface area contributed by atoms with E-state index in [1.165, 1.54) is 18.0 Å². The van der Waals surface area contributed by atoms with E-state index in [2.05, 4.69) is 46.5 Å². The molecule has 0 saturated heterocycles. The van der Waals surface area contributed by atoms with E-state index in [1.54, 1.807) is 11.3 Å². The van der Waals surface area contributed by atoms with Crippen molar-refractivity contribution in [3.63, 3.8) is 0 Å². The van der Waals surface area contributed by atoms with Crippen molar-refractivity contribution in [2.45, 2.75) is 20.5 Å². The minimum absolute atomic E-state index is 0.209. The summed E-state index contributed by atoms with van der Waals surface area (Å²) in [7, 11) is 0. The summed E-state index contributed by atoms with van der Waals surface area (Å²) >= 11 is 1.56. The third kappa shape index (κ3) is 3.35. The fourth-order valence-electron chi connectivity index (χ4n) is 3.51. The number of nitrogens with zero attached hydrogens (tertiary/aromatic N) is 2. The third-order valence-electron chi connectivity index (χ3n) is 5.05. The first-order chi connectivity index (χ1) is 14.6. The number of benzene rings is 2. The fraction of sp³-hybridized carbons (Fsp3) is 0.125. The van der Waals surface area contributed by atoms with Gasteiger partial charge in [0.05, 0.1) is 5.39 Å². The fourth-order valence-corrected chi connectivity index (χ4v) is 4.41. The number of thiophene rings is 1. The number of rotatable bonds is 4. The predicted molar refractivity (Wildman–Crippen MR) is 119 cm³/mol. The second-order valence-corrected chi connectivity index (χ2v) is 8.11. The molecule has 0 radical (unpaired) electrons. The van der Waals surface area contributed by atoms with Crippen molar-refractivity contribution in [1.29, 1.82) is 0 Å². The van der Waals surface area contributed by atoms with Crippen molar-refractivity contribution in [3.05, 3.63) is 87.3 Å². The Hall–Kier alpha value is -3.51. The molecule has 2 aromatic carbocycles. The Morgan fingerprint density at radius 1 is 1.00 bits per heavy atom. The molecule has 0 fully saturated rings. The van der Waals surface area contributed by atoms with E-state index in [9.17, 15) is 4.79 Å². The van der Waals surface area contributed by atoms with Crippen LogP contribution in [-0.2, 0) is 6.61 Å². The first kappa shape index (κ1) is 18.5. The molecule has 0 aliphatic carbocycles. The highest BCUT2D eigenvalue weighted by molar-refractivity contribution is 7.17. The summed E-state index contributed by atoms with van der Waals surface area (Å²) in [5, 5.41) is 3.82. The molecule has 5 aromatic rings. The molecule has 0 atom stereocenters. The molecule has 3 heterocycles. The second-order valence-electron chi connectivity index (χ2n) is 7.25. The van der Waals surface area contributed by atoms with Gasteiger partial charge in [0, 0.05) is 28.0 Å². The van der Waals surface area contributed by atoms with Crippen LogP contribution in [0.4, 0.5) is 0 Å². The van der Waals surface area contributed by atoms with Gasteiger partial charge in [-0.05, 0) is 31.0 Å². The van der Waals surface area contributed by atoms with Crippen LogP contribution in [0.2, 0.25) is 0 Å². The maximum absolute atomic E-state index is 12.0. The van der Waals surface area contributed by atoms with Crippen LogP contribution in [0.25, 0.3) is 32.3 Å². The zero-order chi connectivity index (χ0) is 20.7. The Labute approximate surface area is 176 Å². The molecule has 6 heteroatoms. The summed E-state index contributed by atoms with van der Waals surface area (Å²) in [4.78, 5) is 21.7. The molecule has 0 spiro atoms. The Kier molecular flexibility index (Phi) is 4.56. The van der Waals surface area contributed by atoms with Gasteiger partial charge >= 0.3 is 5.63 Å². The molecule has 0 aliphatic rings. The molecular formula is C24H18N2O3S. The molecule has 0 saturated carbocycles. The molecule has 5 rings (SSSR count). The van der Waals surface area contributed by atoms with Gasteiger partial charge in [-0.25, -0.2) is 14.8 Å². The van der Waals surface area contributed by atoms with Crippen molar-refractivity contribution in [2.24, 2.45) is 0 Å². The smallest absolute Gasteiger partial charge is 0.336 e. The Bertz CT molecular complexity index is 1440. The monoisotopic (exact) mass is 414 g/mol. The summed E-state index contributed by atoms with van der Waals surface area (Å²) < 4.78 is 11.5. The molecule has 0 bridgehead atoms. The van der Waals surface area contributed by atoms with Crippen molar-refractivity contribution < 1.29 is 9.15 Å². The molecule has 30 heavy (non-hydrogen) atoms. The lowest BCUT2D eigenvalue weighted by molar-refractivity contribution is 0.298. The van der Waals surface area contributed by atoms with Gasteiger partial charge in [-0.1, -0.05) is 42.0 Å². The molecule has 0 unspecified atom stereocenters. The van der Waals surface area contributed by atoms with E-state index in [0.29, 0.717) is 11.5 Å². The highest BCUT2D eigenvalue weighted by Gasteiger charge is 2.15. The molecule has 148 valence electrons. The number of aromatic nitrogens is 2. The Morgan fingerprint density at radius 3 is 2.63 bits per heavy atom. The largest absolute Gasteiger partial charge is 0.472 e. The number of hydrogen-bond acceptors (Lipinski definition) is 6. The van der Waals surface area contributed by atoms with Gasteiger partial charge < -0.3 is 9.15 Å². The second kappa shape index (κ2) is 7.39. The maximum Gasteiger partial charge on any atom is 0.336 e. The van der Waals surface area contributed by atoms with Crippen LogP contribution in [-0.4, -0.2) is 9.97 Å². The minimum atomic E-state index is -0.393. The molecule has 0 amide bonds. The van der Waals surface area contributed by atoms with Crippen molar-refractivity contribution >= 4 is 32.5 Å². The summed E-state index contributed by atoms with van der Waals surface area (Å²) in [6.45, 7) is 4.24. The zero-order valence-electron chi connectivity index (χ0n) is 16.5. The number of fused-ring (bicyclic) bond motifs is 2. The Morgan fingerprint density at radius 2 is 1.80 bits per heavy atom. The SMILES string of the molecule is Cc1ccc(-c2csc3ncnc(OCc4cc(=O)oc5cc(C)ccc45)c23)cc1. The van der Waals surface area contributed by atoms with Crippen LogP contribution in [0, 0.1) is 13.8 Å². The molecule has 5 nitrogen and oxygen atoms in total. The van der Waals surface area contributed by atoms with E-state index < -0.39 is 5.63 Å². The van der Waals surface area contributed by atoms with E-state index in [-0.39, 0.29) is 6.61 Å². The highest BCUT2D eigenvalue weighted by Crippen LogP contribution is 2.37. The highest BCUT2D eigenvalue weighted by atomic mass is 32.1. The third-order valence-corrected chi connectivity index (χ3v) is 5.93. The van der Waals surface area contributed by atoms with Crippen molar-refractivity contribution in [3.8, 4) is 17.0 Å². The molecule has 3 aromatic heterocycles. The van der Waals surface area contributed by atoms with Gasteiger partial charge in [0.15, 0.2) is 0 Å². The average Bonchev–Trinajstić information content (AvgIpc) is 3.17. The molecule has 0 N–H and O–H groups in total. The summed E-state index contributed by atoms with van der Waals surface area (Å²) in [5.41, 5.74) is 5.30. The normalized spacial score (nSPS) is 11.3. The quantitative estimate of drug-likeness (QED) is 0.355. The number of hydrogen-bond donors (Lipinski definition) is 0. The van der Waals surface area contributed by atoms with E-state index >= 15 is 0 Å².